The molecule has 0 aliphatic carbocycles. The highest BCUT2D eigenvalue weighted by Gasteiger charge is 2.18. The molecule has 2 aromatic rings. The molecule has 0 radical (unpaired) electrons. The minimum atomic E-state index is -0.407. The Hall–Kier alpha value is -1.86. The van der Waals surface area contributed by atoms with Crippen molar-refractivity contribution < 1.29 is 10.0 Å². The molecule has 6 nitrogen and oxygen atoms in total. The van der Waals surface area contributed by atoms with Gasteiger partial charge in [0.2, 0.25) is 0 Å². The van der Waals surface area contributed by atoms with Crippen molar-refractivity contribution in [2.45, 2.75) is 18.2 Å². The Labute approximate surface area is 126 Å². The van der Waals surface area contributed by atoms with Gasteiger partial charge in [-0.1, -0.05) is 0 Å². The number of thioether (sulfide) groups is 1. The first-order valence-electron chi connectivity index (χ1n) is 6.49. The molecule has 1 aromatic carbocycles. The Morgan fingerprint density at radius 3 is 2.81 bits per heavy atom. The van der Waals surface area contributed by atoms with Crippen LogP contribution < -0.4 is 5.32 Å². The minimum Gasteiger partial charge on any atom is -0.395 e. The summed E-state index contributed by atoms with van der Waals surface area (Å²) in [5.74, 6) is 0. The van der Waals surface area contributed by atoms with E-state index >= 15 is 0 Å². The van der Waals surface area contributed by atoms with Gasteiger partial charge in [0.15, 0.2) is 0 Å². The van der Waals surface area contributed by atoms with Gasteiger partial charge < -0.3 is 10.4 Å². The molecule has 7 heteroatoms. The van der Waals surface area contributed by atoms with Gasteiger partial charge in [-0.15, -0.1) is 0 Å². The fraction of sp³-hybridized carbons (Fsp3) is 0.357. The Morgan fingerprint density at radius 1 is 1.43 bits per heavy atom. The number of aliphatic hydroxyl groups excluding tert-OH is 1. The van der Waals surface area contributed by atoms with Crippen molar-refractivity contribution in [3.8, 4) is 0 Å². The van der Waals surface area contributed by atoms with Crippen molar-refractivity contribution in [3.63, 3.8) is 0 Å². The van der Waals surface area contributed by atoms with Gasteiger partial charge in [0.1, 0.15) is 0 Å². The molecule has 112 valence electrons. The maximum absolute atomic E-state index is 11.1. The van der Waals surface area contributed by atoms with Gasteiger partial charge in [0, 0.05) is 40.8 Å². The Balaban J connectivity index is 2.42. The summed E-state index contributed by atoms with van der Waals surface area (Å²) < 4.78 is 0. The van der Waals surface area contributed by atoms with Gasteiger partial charge in [-0.25, -0.2) is 0 Å². The third-order valence-electron chi connectivity index (χ3n) is 3.42. The van der Waals surface area contributed by atoms with Crippen molar-refractivity contribution in [1.82, 2.24) is 4.98 Å². The number of hydrogen-bond donors (Lipinski definition) is 2. The number of aromatic nitrogens is 1. The maximum Gasteiger partial charge on any atom is 0.278 e. The smallest absolute Gasteiger partial charge is 0.278 e. The maximum atomic E-state index is 11.1. The van der Waals surface area contributed by atoms with E-state index in [1.807, 2.05) is 13.2 Å². The van der Waals surface area contributed by atoms with E-state index in [4.69, 9.17) is 0 Å². The van der Waals surface area contributed by atoms with Crippen LogP contribution in [0.3, 0.4) is 0 Å². The Kier molecular flexibility index (Phi) is 4.98. The zero-order valence-electron chi connectivity index (χ0n) is 11.8. The summed E-state index contributed by atoms with van der Waals surface area (Å²) in [5.41, 5.74) is 0.845. The van der Waals surface area contributed by atoms with E-state index in [0.29, 0.717) is 5.39 Å². The number of rotatable bonds is 6. The van der Waals surface area contributed by atoms with Crippen LogP contribution in [0.2, 0.25) is 0 Å². The highest BCUT2D eigenvalue weighted by atomic mass is 32.2. The quantitative estimate of drug-likeness (QED) is 0.630. The Bertz CT molecular complexity index is 646. The van der Waals surface area contributed by atoms with Crippen molar-refractivity contribution in [2.75, 3.05) is 18.2 Å². The highest BCUT2D eigenvalue weighted by Crippen LogP contribution is 2.31. The lowest BCUT2D eigenvalue weighted by Gasteiger charge is -2.23. The number of non-ortho nitro benzene ring substituents is 1. The van der Waals surface area contributed by atoms with Crippen LogP contribution in [-0.2, 0) is 0 Å². The van der Waals surface area contributed by atoms with Gasteiger partial charge in [-0.3, -0.25) is 15.1 Å². The number of nitro benzene ring substituents is 1. The number of nitrogens with zero attached hydrogens (tertiary/aromatic N) is 2. The van der Waals surface area contributed by atoms with Crippen LogP contribution in [0.15, 0.2) is 30.6 Å². The molecule has 0 spiro atoms. The molecule has 1 aromatic heterocycles. The van der Waals surface area contributed by atoms with E-state index in [0.717, 1.165) is 11.1 Å². The zero-order chi connectivity index (χ0) is 15.4. The van der Waals surface area contributed by atoms with E-state index in [-0.39, 0.29) is 23.6 Å². The van der Waals surface area contributed by atoms with E-state index in [9.17, 15) is 15.2 Å². The highest BCUT2D eigenvalue weighted by molar-refractivity contribution is 7.99. The van der Waals surface area contributed by atoms with E-state index in [1.165, 1.54) is 12.3 Å². The van der Waals surface area contributed by atoms with Crippen LogP contribution in [-0.4, -0.2) is 39.2 Å². The molecule has 0 bridgehead atoms. The number of nitrogens with one attached hydrogen (secondary N) is 1. The molecule has 0 saturated carbocycles. The van der Waals surface area contributed by atoms with Gasteiger partial charge in [-0.05, 0) is 25.3 Å². The summed E-state index contributed by atoms with van der Waals surface area (Å²) in [7, 11) is 0. The van der Waals surface area contributed by atoms with E-state index in [2.05, 4.69) is 10.3 Å². The predicted octanol–water partition coefficient (Wildman–Crippen LogP) is 2.67. The molecule has 2 atom stereocenters. The van der Waals surface area contributed by atoms with Crippen LogP contribution in [0.25, 0.3) is 10.8 Å². The number of nitro groups is 1. The molecule has 0 saturated heterocycles. The minimum absolute atomic E-state index is 0.0304. The standard InChI is InChI=1S/C14H17N3O3S/c1-9(14(8-18)21-2)16-12-3-4-13(17(19)20)11-7-15-6-5-10(11)12/h3-7,9,14,16,18H,8H2,1-2H3. The Morgan fingerprint density at radius 2 is 2.19 bits per heavy atom. The molecule has 0 fully saturated rings. The van der Waals surface area contributed by atoms with Crippen LogP contribution in [0.1, 0.15) is 6.92 Å². The second kappa shape index (κ2) is 6.73. The lowest BCUT2D eigenvalue weighted by atomic mass is 10.1. The van der Waals surface area contributed by atoms with E-state index < -0.39 is 4.92 Å². The molecule has 2 unspecified atom stereocenters. The molecule has 0 aliphatic heterocycles. The lowest BCUT2D eigenvalue weighted by molar-refractivity contribution is -0.383. The van der Waals surface area contributed by atoms with Gasteiger partial charge in [0.05, 0.1) is 16.9 Å². The SMILES string of the molecule is CSC(CO)C(C)Nc1ccc([N+](=O)[O-])c2cnccc12. The van der Waals surface area contributed by atoms with Crippen molar-refractivity contribution in [2.24, 2.45) is 0 Å². The molecular formula is C14H17N3O3S. The summed E-state index contributed by atoms with van der Waals surface area (Å²) in [6.07, 6.45) is 5.05. The van der Waals surface area contributed by atoms with Gasteiger partial charge in [0.25, 0.3) is 5.69 Å². The summed E-state index contributed by atoms with van der Waals surface area (Å²) in [6.45, 7) is 2.05. The predicted molar refractivity (Wildman–Crippen MR) is 85.9 cm³/mol. The van der Waals surface area contributed by atoms with Crippen LogP contribution >= 0.6 is 11.8 Å². The fourth-order valence-corrected chi connectivity index (χ4v) is 2.86. The van der Waals surface area contributed by atoms with Crippen molar-refractivity contribution in [3.05, 3.63) is 40.7 Å². The molecule has 21 heavy (non-hydrogen) atoms. The average molecular weight is 307 g/mol. The zero-order valence-corrected chi connectivity index (χ0v) is 12.6. The monoisotopic (exact) mass is 307 g/mol. The third kappa shape index (κ3) is 3.25. The molecule has 0 amide bonds. The number of fused-ring (bicyclic) bond motifs is 1. The number of hydrogen-bond acceptors (Lipinski definition) is 6. The summed E-state index contributed by atoms with van der Waals surface area (Å²) in [4.78, 5) is 14.6. The number of anilines is 1. The average Bonchev–Trinajstić information content (AvgIpc) is 2.48. The first-order chi connectivity index (χ1) is 10.1. The largest absolute Gasteiger partial charge is 0.395 e. The second-order valence-electron chi connectivity index (χ2n) is 4.70. The summed E-state index contributed by atoms with van der Waals surface area (Å²) >= 11 is 1.58. The van der Waals surface area contributed by atoms with E-state index in [1.54, 1.807) is 30.1 Å². The number of aliphatic hydroxyl groups is 1. The topological polar surface area (TPSA) is 88.3 Å². The lowest BCUT2D eigenvalue weighted by Crippen LogP contribution is -2.31. The molecule has 0 aliphatic rings. The molecule has 2 N–H and O–H groups in total. The summed E-state index contributed by atoms with van der Waals surface area (Å²) in [5, 5.41) is 25.0. The first-order valence-corrected chi connectivity index (χ1v) is 7.78. The third-order valence-corrected chi connectivity index (χ3v) is 4.58. The van der Waals surface area contributed by atoms with Crippen LogP contribution in [0, 0.1) is 10.1 Å². The molecule has 2 rings (SSSR count). The molecular weight excluding hydrogens is 290 g/mol. The normalized spacial score (nSPS) is 13.9. The second-order valence-corrected chi connectivity index (χ2v) is 5.78. The van der Waals surface area contributed by atoms with Crippen LogP contribution in [0.5, 0.6) is 0 Å². The van der Waals surface area contributed by atoms with Gasteiger partial charge >= 0.3 is 0 Å². The summed E-state index contributed by atoms with van der Waals surface area (Å²) in [6, 6.07) is 4.96. The van der Waals surface area contributed by atoms with Crippen LogP contribution in [0.4, 0.5) is 11.4 Å². The number of benzene rings is 1. The number of pyridine rings is 1. The molecule has 1 heterocycles. The van der Waals surface area contributed by atoms with Gasteiger partial charge in [-0.2, -0.15) is 11.8 Å². The first kappa shape index (κ1) is 15.5. The van der Waals surface area contributed by atoms with Crippen molar-refractivity contribution in [1.29, 1.82) is 0 Å². The fourth-order valence-electron chi connectivity index (χ4n) is 2.24. The van der Waals surface area contributed by atoms with Crippen molar-refractivity contribution >= 4 is 33.9 Å².